The van der Waals surface area contributed by atoms with Crippen LogP contribution in [0.4, 0.5) is 34.1 Å². The Labute approximate surface area is 566 Å². The molecule has 2 aliphatic heterocycles. The molecule has 7 heteroatoms. The van der Waals surface area contributed by atoms with Gasteiger partial charge in [0, 0.05) is 103 Å². The quantitative estimate of drug-likeness (QED) is 0.135. The second-order valence-electron chi connectivity index (χ2n) is 28.2. The van der Waals surface area contributed by atoms with Crippen molar-refractivity contribution >= 4 is 101 Å². The minimum atomic E-state index is -0.272. The Hall–Kier alpha value is -11.8. The van der Waals surface area contributed by atoms with Gasteiger partial charge in [-0.15, -0.1) is 0 Å². The van der Waals surface area contributed by atoms with Crippen molar-refractivity contribution in [3.05, 3.63) is 321 Å². The summed E-state index contributed by atoms with van der Waals surface area (Å²) in [4.78, 5) is 15.7. The van der Waals surface area contributed by atoms with Crippen molar-refractivity contribution in [3.63, 3.8) is 0 Å². The molecule has 12 aromatic carbocycles. The molecule has 16 aromatic rings. The van der Waals surface area contributed by atoms with E-state index in [0.29, 0.717) is 0 Å². The van der Waals surface area contributed by atoms with E-state index in [1.54, 1.807) is 0 Å². The van der Waals surface area contributed by atoms with E-state index in [9.17, 15) is 0 Å². The highest BCUT2D eigenvalue weighted by molar-refractivity contribution is 7.00. The Balaban J connectivity index is 1.04. The lowest BCUT2D eigenvalue weighted by Gasteiger charge is -2.46. The maximum Gasteiger partial charge on any atom is 0.252 e. The van der Waals surface area contributed by atoms with Gasteiger partial charge in [0.1, 0.15) is 0 Å². The van der Waals surface area contributed by atoms with Gasteiger partial charge in [0.2, 0.25) is 0 Å². The van der Waals surface area contributed by atoms with E-state index in [-0.39, 0.29) is 17.5 Å². The fourth-order valence-corrected chi connectivity index (χ4v) is 15.7. The highest BCUT2D eigenvalue weighted by atomic mass is 15.2. The molecule has 0 unspecified atom stereocenters. The number of anilines is 6. The van der Waals surface area contributed by atoms with Gasteiger partial charge in [-0.05, 0) is 132 Å². The van der Waals surface area contributed by atoms with Crippen molar-refractivity contribution in [3.8, 4) is 67.0 Å². The number of rotatable bonds is 9. The van der Waals surface area contributed by atoms with Crippen LogP contribution < -0.4 is 26.2 Å². The zero-order valence-electron chi connectivity index (χ0n) is 55.2. The molecule has 462 valence electrons. The summed E-state index contributed by atoms with van der Waals surface area (Å²) in [5.74, 6) is 0. The molecule has 0 saturated carbocycles. The number of benzene rings is 12. The Morgan fingerprint density at radius 2 is 0.577 bits per heavy atom. The predicted molar refractivity (Wildman–Crippen MR) is 409 cm³/mol. The Bertz CT molecular complexity index is 5230. The van der Waals surface area contributed by atoms with Crippen molar-refractivity contribution in [2.75, 3.05) is 9.80 Å². The van der Waals surface area contributed by atoms with E-state index in [4.69, 9.17) is 9.97 Å². The summed E-state index contributed by atoms with van der Waals surface area (Å²) < 4.78 is 4.95. The van der Waals surface area contributed by atoms with Gasteiger partial charge in [-0.3, -0.25) is 9.97 Å². The number of hydrogen-bond donors (Lipinski definition) is 0. The SMILES string of the molecule is CC(C)(C)c1cc(-c2cc3c4c(c2)N(c2c(-c5ccccc5)cncc2-c2ccccc2)c2cc(-n5c6ccccc6c6ccccc65)ccc2B4c2ccc(-n4c5ccccc5c5ccccc54)cc2N3c2c(-c3ccccc3)cncc2-c2ccccc2)cc(C(C)(C)C)c1. The molecular formula is C90H69BN6. The van der Waals surface area contributed by atoms with Crippen LogP contribution in [0.15, 0.2) is 310 Å². The summed E-state index contributed by atoms with van der Waals surface area (Å²) in [6.45, 7) is 13.8. The standard InChI is InChI=1S/C90H69BN6/c1-89(2,3)64-47-62(48-65(51-64)90(4,5)6)63-49-84-86-85(50-63)97(88-74(60-31-15-9-16-32-60)56-93-57-75(88)61-33-17-10-18-34-61)83-53-67(95-80-41-25-21-37-70(80)71-38-22-26-42-81(71)95)44-46-77(83)91(86)76-45-43-66(94-78-39-23-19-35-68(78)69-36-20-24-40-79(69)94)52-82(76)96(84)87-72(58-27-11-7-12-28-58)54-92-55-73(87)59-29-13-8-14-30-59/h7-57H,1-6H3. The van der Waals surface area contributed by atoms with Gasteiger partial charge < -0.3 is 18.9 Å². The second kappa shape index (κ2) is 22.4. The largest absolute Gasteiger partial charge is 0.310 e. The van der Waals surface area contributed by atoms with Crippen LogP contribution in [0.3, 0.4) is 0 Å². The van der Waals surface area contributed by atoms with Gasteiger partial charge in [0.05, 0.1) is 33.4 Å². The predicted octanol–water partition coefficient (Wildman–Crippen LogP) is 21.7. The lowest BCUT2D eigenvalue weighted by Crippen LogP contribution is -2.61. The molecule has 4 aromatic heterocycles. The van der Waals surface area contributed by atoms with Crippen LogP contribution in [0.1, 0.15) is 52.7 Å². The van der Waals surface area contributed by atoms with E-state index >= 15 is 0 Å². The van der Waals surface area contributed by atoms with Crippen LogP contribution in [-0.4, -0.2) is 25.8 Å². The van der Waals surface area contributed by atoms with Crippen molar-refractivity contribution in [2.45, 2.75) is 52.4 Å². The third kappa shape index (κ3) is 9.39. The average Bonchev–Trinajstić information content (AvgIpc) is 0.876. The fraction of sp³-hybridized carbons (Fsp3) is 0.0889. The third-order valence-electron chi connectivity index (χ3n) is 20.3. The molecule has 0 spiro atoms. The first-order chi connectivity index (χ1) is 47.4. The van der Waals surface area contributed by atoms with Crippen molar-refractivity contribution < 1.29 is 0 Å². The topological polar surface area (TPSA) is 42.1 Å². The highest BCUT2D eigenvalue weighted by Gasteiger charge is 2.46. The Morgan fingerprint density at radius 3 is 0.897 bits per heavy atom. The highest BCUT2D eigenvalue weighted by Crippen LogP contribution is 2.54. The van der Waals surface area contributed by atoms with Crippen LogP contribution in [0.2, 0.25) is 0 Å². The number of para-hydroxylation sites is 4. The second-order valence-corrected chi connectivity index (χ2v) is 28.2. The van der Waals surface area contributed by atoms with E-state index in [2.05, 4.69) is 370 Å². The molecule has 0 fully saturated rings. The molecule has 6 heterocycles. The van der Waals surface area contributed by atoms with Gasteiger partial charge in [0.15, 0.2) is 0 Å². The van der Waals surface area contributed by atoms with E-state index in [0.717, 1.165) is 123 Å². The molecule has 0 N–H and O–H groups in total. The minimum absolute atomic E-state index is 0.162. The molecule has 0 bridgehead atoms. The molecule has 0 atom stereocenters. The van der Waals surface area contributed by atoms with Crippen LogP contribution >= 0.6 is 0 Å². The van der Waals surface area contributed by atoms with Crippen LogP contribution in [0, 0.1) is 0 Å². The van der Waals surface area contributed by atoms with Crippen LogP contribution in [0.5, 0.6) is 0 Å². The number of nitrogens with zero attached hydrogens (tertiary/aromatic N) is 6. The Morgan fingerprint density at radius 1 is 0.278 bits per heavy atom. The first-order valence-electron chi connectivity index (χ1n) is 33.8. The summed E-state index contributed by atoms with van der Waals surface area (Å²) in [5, 5.41) is 4.86. The van der Waals surface area contributed by atoms with E-state index in [1.165, 1.54) is 49.1 Å². The van der Waals surface area contributed by atoms with Gasteiger partial charge in [-0.1, -0.05) is 266 Å². The monoisotopic (exact) mass is 1240 g/mol. The first kappa shape index (κ1) is 57.8. The summed E-state index contributed by atoms with van der Waals surface area (Å²) in [7, 11) is 0. The summed E-state index contributed by atoms with van der Waals surface area (Å²) in [6, 6.07) is 106. The van der Waals surface area contributed by atoms with Crippen LogP contribution in [0.25, 0.3) is 111 Å². The molecule has 0 radical (unpaired) electrons. The van der Waals surface area contributed by atoms with Gasteiger partial charge in [0.25, 0.3) is 6.71 Å². The maximum absolute atomic E-state index is 5.20. The number of aromatic nitrogens is 4. The summed E-state index contributed by atoms with van der Waals surface area (Å²) in [6.07, 6.45) is 8.35. The lowest BCUT2D eigenvalue weighted by molar-refractivity contribution is 0.569. The molecule has 0 amide bonds. The van der Waals surface area contributed by atoms with Crippen molar-refractivity contribution in [2.24, 2.45) is 0 Å². The normalized spacial score (nSPS) is 12.8. The smallest absolute Gasteiger partial charge is 0.252 e. The van der Waals surface area contributed by atoms with E-state index < -0.39 is 0 Å². The maximum atomic E-state index is 5.20. The van der Waals surface area contributed by atoms with Gasteiger partial charge in [-0.2, -0.15) is 0 Å². The summed E-state index contributed by atoms with van der Waals surface area (Å²) >= 11 is 0. The molecular weight excluding hydrogens is 1180 g/mol. The average molecular weight is 1250 g/mol. The van der Waals surface area contributed by atoms with Gasteiger partial charge >= 0.3 is 0 Å². The summed E-state index contributed by atoms with van der Waals surface area (Å²) in [5.41, 5.74) is 29.7. The molecule has 18 rings (SSSR count). The van der Waals surface area contributed by atoms with Crippen LogP contribution in [-0.2, 0) is 10.8 Å². The van der Waals surface area contributed by atoms with E-state index in [1.807, 2.05) is 0 Å². The molecule has 6 nitrogen and oxygen atoms in total. The number of pyridine rings is 2. The van der Waals surface area contributed by atoms with Crippen molar-refractivity contribution in [1.29, 1.82) is 0 Å². The molecule has 97 heavy (non-hydrogen) atoms. The molecule has 0 saturated heterocycles. The lowest BCUT2D eigenvalue weighted by atomic mass is 9.33. The minimum Gasteiger partial charge on any atom is -0.310 e. The fourth-order valence-electron chi connectivity index (χ4n) is 15.7. The van der Waals surface area contributed by atoms with Gasteiger partial charge in [-0.25, -0.2) is 0 Å². The number of fused-ring (bicyclic) bond motifs is 10. The van der Waals surface area contributed by atoms with Crippen molar-refractivity contribution in [1.82, 2.24) is 19.1 Å². The molecule has 2 aliphatic rings. The number of hydrogen-bond acceptors (Lipinski definition) is 4. The zero-order valence-corrected chi connectivity index (χ0v) is 55.2. The molecule has 0 aliphatic carbocycles. The Kier molecular flexibility index (Phi) is 13.4. The third-order valence-corrected chi connectivity index (χ3v) is 20.3. The zero-order chi connectivity index (χ0) is 65.3. The first-order valence-corrected chi connectivity index (χ1v) is 33.8.